The topological polar surface area (TPSA) is 92.9 Å². The molecule has 2 heterocycles. The predicted molar refractivity (Wildman–Crippen MR) is 129 cm³/mol. The third kappa shape index (κ3) is 5.55. The fraction of sp³-hybridized carbons (Fsp3) is 0.292. The normalized spacial score (nSPS) is 11.4. The van der Waals surface area contributed by atoms with Gasteiger partial charge in [-0.3, -0.25) is 0 Å². The number of aryl methyl sites for hydroxylation is 2. The minimum Gasteiger partial charge on any atom is -0.491 e. The van der Waals surface area contributed by atoms with Crippen molar-refractivity contribution in [3.05, 3.63) is 65.1 Å². The molecule has 0 fully saturated rings. The van der Waals surface area contributed by atoms with Crippen LogP contribution in [-0.2, 0) is 12.8 Å². The Labute approximate surface area is 192 Å². The lowest BCUT2D eigenvalue weighted by atomic mass is 10.1. The molecule has 0 bridgehead atoms. The summed E-state index contributed by atoms with van der Waals surface area (Å²) in [6.07, 6.45) is 4.19. The van der Waals surface area contributed by atoms with E-state index in [1.54, 1.807) is 6.20 Å². The largest absolute Gasteiger partial charge is 0.491 e. The van der Waals surface area contributed by atoms with Crippen LogP contribution in [0.4, 0.5) is 5.95 Å². The zero-order chi connectivity index (χ0) is 22.5. The van der Waals surface area contributed by atoms with Crippen LogP contribution in [0.3, 0.4) is 0 Å². The summed E-state index contributed by atoms with van der Waals surface area (Å²) in [5.74, 6) is 1.90. The van der Waals surface area contributed by atoms with Crippen molar-refractivity contribution in [2.24, 2.45) is 0 Å². The first kappa shape index (κ1) is 22.0. The molecular weight excluding hydrogens is 424 g/mol. The van der Waals surface area contributed by atoms with Crippen molar-refractivity contribution >= 4 is 28.6 Å². The number of hydrogen-bond donors (Lipinski definition) is 2. The van der Waals surface area contributed by atoms with E-state index in [0.717, 1.165) is 64.7 Å². The second-order valence-electron chi connectivity index (χ2n) is 7.99. The Balaban J connectivity index is 1.62. The lowest BCUT2D eigenvalue weighted by molar-refractivity contribution is 0.284. The molecule has 8 heteroatoms. The van der Waals surface area contributed by atoms with Gasteiger partial charge in [0, 0.05) is 29.7 Å². The Morgan fingerprint density at radius 3 is 2.75 bits per heavy atom. The average molecular weight is 451 g/mol. The SMILES string of the molecule is CN(C)CCCOc1cc(-c2ccnc(N)n2)cc2nc(CCc3cccc(Cl)c3)[nH]c12. The van der Waals surface area contributed by atoms with Crippen LogP contribution in [0.2, 0.25) is 5.02 Å². The Bertz CT molecular complexity index is 1210. The van der Waals surface area contributed by atoms with E-state index < -0.39 is 0 Å². The maximum absolute atomic E-state index is 6.16. The van der Waals surface area contributed by atoms with E-state index in [2.05, 4.69) is 40.0 Å². The van der Waals surface area contributed by atoms with E-state index in [0.29, 0.717) is 6.61 Å². The molecule has 0 aliphatic rings. The fourth-order valence-electron chi connectivity index (χ4n) is 3.56. The van der Waals surface area contributed by atoms with Gasteiger partial charge in [0.05, 0.1) is 17.8 Å². The number of nitrogen functional groups attached to an aromatic ring is 1. The molecule has 32 heavy (non-hydrogen) atoms. The highest BCUT2D eigenvalue weighted by Crippen LogP contribution is 2.31. The van der Waals surface area contributed by atoms with Gasteiger partial charge in [0.1, 0.15) is 17.1 Å². The van der Waals surface area contributed by atoms with Crippen molar-refractivity contribution in [1.29, 1.82) is 0 Å². The lowest BCUT2D eigenvalue weighted by Crippen LogP contribution is -2.15. The monoisotopic (exact) mass is 450 g/mol. The van der Waals surface area contributed by atoms with Crippen molar-refractivity contribution in [3.8, 4) is 17.0 Å². The number of nitrogens with zero attached hydrogens (tertiary/aromatic N) is 4. The molecule has 166 valence electrons. The molecular formula is C24H27ClN6O. The van der Waals surface area contributed by atoms with E-state index >= 15 is 0 Å². The van der Waals surface area contributed by atoms with Gasteiger partial charge in [0.25, 0.3) is 0 Å². The molecule has 0 saturated heterocycles. The average Bonchev–Trinajstić information content (AvgIpc) is 3.18. The van der Waals surface area contributed by atoms with Gasteiger partial charge in [-0.2, -0.15) is 0 Å². The number of nitrogens with two attached hydrogens (primary N) is 1. The van der Waals surface area contributed by atoms with Gasteiger partial charge >= 0.3 is 0 Å². The van der Waals surface area contributed by atoms with Gasteiger partial charge in [-0.05, 0) is 62.8 Å². The van der Waals surface area contributed by atoms with Crippen LogP contribution in [0.25, 0.3) is 22.3 Å². The molecule has 0 aliphatic carbocycles. The van der Waals surface area contributed by atoms with Crippen LogP contribution < -0.4 is 10.5 Å². The number of hydrogen-bond acceptors (Lipinski definition) is 6. The van der Waals surface area contributed by atoms with Crippen LogP contribution >= 0.6 is 11.6 Å². The number of halogens is 1. The highest BCUT2D eigenvalue weighted by molar-refractivity contribution is 6.30. The molecule has 0 amide bonds. The summed E-state index contributed by atoms with van der Waals surface area (Å²) in [4.78, 5) is 18.8. The fourth-order valence-corrected chi connectivity index (χ4v) is 3.78. The van der Waals surface area contributed by atoms with E-state index in [4.69, 9.17) is 27.1 Å². The summed E-state index contributed by atoms with van der Waals surface area (Å²) in [5, 5.41) is 0.745. The third-order valence-corrected chi connectivity index (χ3v) is 5.36. The van der Waals surface area contributed by atoms with Gasteiger partial charge < -0.3 is 20.4 Å². The zero-order valence-electron chi connectivity index (χ0n) is 18.3. The minimum absolute atomic E-state index is 0.236. The van der Waals surface area contributed by atoms with Crippen molar-refractivity contribution in [1.82, 2.24) is 24.8 Å². The molecule has 0 radical (unpaired) electrons. The van der Waals surface area contributed by atoms with E-state index in [1.165, 1.54) is 5.56 Å². The minimum atomic E-state index is 0.236. The summed E-state index contributed by atoms with van der Waals surface area (Å²) >= 11 is 6.12. The summed E-state index contributed by atoms with van der Waals surface area (Å²) < 4.78 is 6.16. The van der Waals surface area contributed by atoms with Gasteiger partial charge in [-0.25, -0.2) is 15.0 Å². The standard InChI is InChI=1S/C24H27ClN6O/c1-31(2)11-4-12-32-21-15-17(19-9-10-27-24(26)29-19)14-20-23(21)30-22(28-20)8-7-16-5-3-6-18(25)13-16/h3,5-6,9-10,13-15H,4,7-8,11-12H2,1-2H3,(H,28,30)(H2,26,27,29). The molecule has 2 aromatic heterocycles. The van der Waals surface area contributed by atoms with E-state index in [9.17, 15) is 0 Å². The number of aromatic amines is 1. The molecule has 0 unspecified atom stereocenters. The molecule has 0 spiro atoms. The van der Waals surface area contributed by atoms with Gasteiger partial charge in [-0.1, -0.05) is 23.7 Å². The van der Waals surface area contributed by atoms with Crippen molar-refractivity contribution < 1.29 is 4.74 Å². The number of aromatic nitrogens is 4. The van der Waals surface area contributed by atoms with Crippen molar-refractivity contribution in [2.75, 3.05) is 33.0 Å². The van der Waals surface area contributed by atoms with Gasteiger partial charge in [0.2, 0.25) is 5.95 Å². The smallest absolute Gasteiger partial charge is 0.220 e. The maximum Gasteiger partial charge on any atom is 0.220 e. The van der Waals surface area contributed by atoms with Gasteiger partial charge in [-0.15, -0.1) is 0 Å². The highest BCUT2D eigenvalue weighted by Gasteiger charge is 2.13. The number of nitrogens with one attached hydrogen (secondary N) is 1. The number of fused-ring (bicyclic) bond motifs is 1. The van der Waals surface area contributed by atoms with Gasteiger partial charge in [0.15, 0.2) is 0 Å². The summed E-state index contributed by atoms with van der Waals surface area (Å²) in [5.41, 5.74) is 10.3. The maximum atomic E-state index is 6.16. The first-order valence-corrected chi connectivity index (χ1v) is 11.0. The van der Waals surface area contributed by atoms with Crippen LogP contribution in [0.1, 0.15) is 17.8 Å². The Morgan fingerprint density at radius 2 is 1.97 bits per heavy atom. The van der Waals surface area contributed by atoms with Crippen LogP contribution in [0, 0.1) is 0 Å². The summed E-state index contributed by atoms with van der Waals surface area (Å²) in [7, 11) is 4.11. The Hall–Kier alpha value is -3.16. The molecule has 0 saturated carbocycles. The highest BCUT2D eigenvalue weighted by atomic mass is 35.5. The number of anilines is 1. The molecule has 4 aromatic rings. The molecule has 3 N–H and O–H groups in total. The number of imidazole rings is 1. The summed E-state index contributed by atoms with van der Waals surface area (Å²) in [6.45, 7) is 1.57. The second kappa shape index (κ2) is 9.97. The van der Waals surface area contributed by atoms with Crippen LogP contribution in [0.5, 0.6) is 5.75 Å². The lowest BCUT2D eigenvalue weighted by Gasteiger charge is -2.12. The molecule has 4 rings (SSSR count). The third-order valence-electron chi connectivity index (χ3n) is 5.12. The molecule has 2 aromatic carbocycles. The first-order chi connectivity index (χ1) is 15.5. The number of rotatable bonds is 9. The number of H-pyrrole nitrogens is 1. The summed E-state index contributed by atoms with van der Waals surface area (Å²) in [6, 6.07) is 13.7. The molecule has 0 atom stereocenters. The first-order valence-electron chi connectivity index (χ1n) is 10.6. The van der Waals surface area contributed by atoms with Crippen molar-refractivity contribution in [2.45, 2.75) is 19.3 Å². The van der Waals surface area contributed by atoms with Crippen molar-refractivity contribution in [3.63, 3.8) is 0 Å². The number of benzene rings is 2. The molecule has 7 nitrogen and oxygen atoms in total. The van der Waals surface area contributed by atoms with Crippen LogP contribution in [-0.4, -0.2) is 52.1 Å². The Morgan fingerprint density at radius 1 is 1.09 bits per heavy atom. The quantitative estimate of drug-likeness (QED) is 0.368. The Kier molecular flexibility index (Phi) is 6.87. The predicted octanol–water partition coefficient (Wildman–Crippen LogP) is 4.37. The van der Waals surface area contributed by atoms with Crippen LogP contribution in [0.15, 0.2) is 48.7 Å². The second-order valence-corrected chi connectivity index (χ2v) is 8.42. The molecule has 0 aliphatic heterocycles. The zero-order valence-corrected chi connectivity index (χ0v) is 19.1. The van der Waals surface area contributed by atoms with E-state index in [1.807, 2.05) is 36.4 Å². The number of ether oxygens (including phenoxy) is 1. The van der Waals surface area contributed by atoms with E-state index in [-0.39, 0.29) is 5.95 Å².